The normalized spacial score (nSPS) is 17.7. The fourth-order valence-electron chi connectivity index (χ4n) is 2.79. The number of amides is 2. The summed E-state index contributed by atoms with van der Waals surface area (Å²) < 4.78 is 5.20. The van der Waals surface area contributed by atoms with E-state index in [0.29, 0.717) is 18.7 Å². The predicted molar refractivity (Wildman–Crippen MR) is 94.2 cm³/mol. The van der Waals surface area contributed by atoms with Gasteiger partial charge in [0.1, 0.15) is 11.9 Å². The SMILES string of the molecule is CC(C)(C)OC(=O)NCc1cccc(C(=O)N2CCC[C@H](C=O)C2)c1. The molecule has 25 heavy (non-hydrogen) atoms. The fraction of sp³-hybridized carbons (Fsp3) is 0.526. The minimum Gasteiger partial charge on any atom is -0.444 e. The highest BCUT2D eigenvalue weighted by Crippen LogP contribution is 2.18. The number of aldehydes is 1. The Morgan fingerprint density at radius 2 is 2.12 bits per heavy atom. The molecule has 1 aliphatic rings. The molecule has 1 fully saturated rings. The highest BCUT2D eigenvalue weighted by molar-refractivity contribution is 5.94. The van der Waals surface area contributed by atoms with Crippen LogP contribution < -0.4 is 5.32 Å². The van der Waals surface area contributed by atoms with Crippen molar-refractivity contribution in [3.8, 4) is 0 Å². The second-order valence-corrected chi connectivity index (χ2v) is 7.35. The van der Waals surface area contributed by atoms with Crippen LogP contribution in [0.25, 0.3) is 0 Å². The number of piperidine rings is 1. The maximum atomic E-state index is 12.6. The van der Waals surface area contributed by atoms with E-state index in [2.05, 4.69) is 5.32 Å². The molecule has 1 atom stereocenters. The lowest BCUT2D eigenvalue weighted by Gasteiger charge is -2.30. The molecule has 0 aliphatic carbocycles. The molecule has 6 nitrogen and oxygen atoms in total. The Bertz CT molecular complexity index is 637. The minimum absolute atomic E-state index is 0.0743. The molecule has 0 unspecified atom stereocenters. The summed E-state index contributed by atoms with van der Waals surface area (Å²) in [6.45, 7) is 6.84. The van der Waals surface area contributed by atoms with E-state index in [0.717, 1.165) is 24.7 Å². The third kappa shape index (κ3) is 5.89. The van der Waals surface area contributed by atoms with Crippen molar-refractivity contribution in [2.45, 2.75) is 45.8 Å². The van der Waals surface area contributed by atoms with Crippen LogP contribution in [0.1, 0.15) is 49.5 Å². The van der Waals surface area contributed by atoms with Crippen LogP contribution in [0.3, 0.4) is 0 Å². The van der Waals surface area contributed by atoms with Gasteiger partial charge in [0.2, 0.25) is 0 Å². The van der Waals surface area contributed by atoms with Crippen molar-refractivity contribution in [3.05, 3.63) is 35.4 Å². The molecule has 2 amide bonds. The number of hydrogen-bond donors (Lipinski definition) is 1. The highest BCUT2D eigenvalue weighted by Gasteiger charge is 2.24. The summed E-state index contributed by atoms with van der Waals surface area (Å²) in [5.74, 6) is -0.152. The number of nitrogens with zero attached hydrogens (tertiary/aromatic N) is 1. The smallest absolute Gasteiger partial charge is 0.407 e. The van der Waals surface area contributed by atoms with Gasteiger partial charge in [-0.3, -0.25) is 4.79 Å². The molecule has 0 spiro atoms. The van der Waals surface area contributed by atoms with Gasteiger partial charge in [-0.25, -0.2) is 4.79 Å². The van der Waals surface area contributed by atoms with Crippen LogP contribution in [0.2, 0.25) is 0 Å². The minimum atomic E-state index is -0.550. The van der Waals surface area contributed by atoms with Gasteiger partial charge in [0.25, 0.3) is 5.91 Å². The number of nitrogens with one attached hydrogen (secondary N) is 1. The number of hydrogen-bond acceptors (Lipinski definition) is 4. The van der Waals surface area contributed by atoms with Crippen LogP contribution in [-0.2, 0) is 16.1 Å². The van der Waals surface area contributed by atoms with Crippen LogP contribution in [0.15, 0.2) is 24.3 Å². The van der Waals surface area contributed by atoms with Crippen LogP contribution in [0.5, 0.6) is 0 Å². The van der Waals surface area contributed by atoms with Crippen molar-refractivity contribution in [2.75, 3.05) is 13.1 Å². The lowest BCUT2D eigenvalue weighted by Crippen LogP contribution is -2.40. The van der Waals surface area contributed by atoms with Crippen molar-refractivity contribution < 1.29 is 19.1 Å². The van der Waals surface area contributed by atoms with Gasteiger partial charge in [0.15, 0.2) is 0 Å². The van der Waals surface area contributed by atoms with E-state index >= 15 is 0 Å². The number of carbonyl (C=O) groups is 3. The largest absolute Gasteiger partial charge is 0.444 e. The van der Waals surface area contributed by atoms with Gasteiger partial charge in [-0.05, 0) is 51.3 Å². The Labute approximate surface area is 148 Å². The molecule has 0 saturated carbocycles. The van der Waals surface area contributed by atoms with Gasteiger partial charge in [-0.15, -0.1) is 0 Å². The number of alkyl carbamates (subject to hydrolysis) is 1. The van der Waals surface area contributed by atoms with Crippen LogP contribution in [0, 0.1) is 5.92 Å². The van der Waals surface area contributed by atoms with Crippen molar-refractivity contribution in [2.24, 2.45) is 5.92 Å². The highest BCUT2D eigenvalue weighted by atomic mass is 16.6. The summed E-state index contributed by atoms with van der Waals surface area (Å²) in [6, 6.07) is 7.16. The average Bonchev–Trinajstić information content (AvgIpc) is 2.58. The standard InChI is InChI=1S/C19H26N2O4/c1-19(2,3)25-18(24)20-11-14-6-4-8-16(10-14)17(23)21-9-5-7-15(12-21)13-22/h4,6,8,10,13,15H,5,7,9,11-12H2,1-3H3,(H,20,24)/t15-/m0/s1. The molecule has 1 aromatic rings. The molecule has 0 aromatic heterocycles. The molecule has 0 radical (unpaired) electrons. The van der Waals surface area contributed by atoms with Crippen molar-refractivity contribution >= 4 is 18.3 Å². The number of rotatable bonds is 4. The molecule has 1 aliphatic heterocycles. The van der Waals surface area contributed by atoms with Gasteiger partial charge >= 0.3 is 6.09 Å². The predicted octanol–water partition coefficient (Wildman–Crippen LogP) is 2.76. The number of likely N-dealkylation sites (tertiary alicyclic amines) is 1. The quantitative estimate of drug-likeness (QED) is 0.851. The molecule has 1 heterocycles. The Balaban J connectivity index is 1.97. The van der Waals surface area contributed by atoms with E-state index < -0.39 is 11.7 Å². The molecule has 136 valence electrons. The molecule has 2 rings (SSSR count). The van der Waals surface area contributed by atoms with Gasteiger partial charge in [-0.2, -0.15) is 0 Å². The van der Waals surface area contributed by atoms with E-state index in [1.54, 1.807) is 43.9 Å². The molecule has 0 bridgehead atoms. The second kappa shape index (κ2) is 8.14. The average molecular weight is 346 g/mol. The Morgan fingerprint density at radius 1 is 1.36 bits per heavy atom. The molecule has 1 saturated heterocycles. The van der Waals surface area contributed by atoms with Crippen LogP contribution in [0.4, 0.5) is 4.79 Å². The fourth-order valence-corrected chi connectivity index (χ4v) is 2.79. The maximum absolute atomic E-state index is 12.6. The molecular formula is C19H26N2O4. The van der Waals surface area contributed by atoms with E-state index in [9.17, 15) is 14.4 Å². The van der Waals surface area contributed by atoms with Crippen molar-refractivity contribution in [1.29, 1.82) is 0 Å². The summed E-state index contributed by atoms with van der Waals surface area (Å²) in [7, 11) is 0. The first-order valence-electron chi connectivity index (χ1n) is 8.59. The van der Waals surface area contributed by atoms with E-state index in [1.165, 1.54) is 0 Å². The van der Waals surface area contributed by atoms with Gasteiger partial charge in [0.05, 0.1) is 0 Å². The zero-order valence-electron chi connectivity index (χ0n) is 15.1. The number of carbonyl (C=O) groups excluding carboxylic acids is 3. The maximum Gasteiger partial charge on any atom is 0.407 e. The summed E-state index contributed by atoms with van der Waals surface area (Å²) >= 11 is 0. The topological polar surface area (TPSA) is 75.7 Å². The van der Waals surface area contributed by atoms with Gasteiger partial charge < -0.3 is 19.7 Å². The first-order valence-corrected chi connectivity index (χ1v) is 8.59. The van der Waals surface area contributed by atoms with E-state index in [4.69, 9.17) is 4.74 Å². The first kappa shape index (κ1) is 19.0. The van der Waals surface area contributed by atoms with Crippen LogP contribution >= 0.6 is 0 Å². The Kier molecular flexibility index (Phi) is 6.17. The summed E-state index contributed by atoms with van der Waals surface area (Å²) in [5, 5.41) is 2.68. The van der Waals surface area contributed by atoms with E-state index in [-0.39, 0.29) is 18.4 Å². The monoisotopic (exact) mass is 346 g/mol. The molecular weight excluding hydrogens is 320 g/mol. The Morgan fingerprint density at radius 3 is 2.80 bits per heavy atom. The summed E-state index contributed by atoms with van der Waals surface area (Å²) in [6.07, 6.45) is 2.12. The Hall–Kier alpha value is -2.37. The number of ether oxygens (including phenoxy) is 1. The molecule has 1 aromatic carbocycles. The third-order valence-corrected chi connectivity index (χ3v) is 3.95. The second-order valence-electron chi connectivity index (χ2n) is 7.35. The lowest BCUT2D eigenvalue weighted by atomic mass is 9.98. The van der Waals surface area contributed by atoms with Crippen molar-refractivity contribution in [3.63, 3.8) is 0 Å². The van der Waals surface area contributed by atoms with Crippen molar-refractivity contribution in [1.82, 2.24) is 10.2 Å². The first-order chi connectivity index (χ1) is 11.8. The summed E-state index contributed by atoms with van der Waals surface area (Å²) in [4.78, 5) is 37.1. The number of benzene rings is 1. The zero-order chi connectivity index (χ0) is 18.4. The zero-order valence-corrected chi connectivity index (χ0v) is 15.1. The van der Waals surface area contributed by atoms with Gasteiger partial charge in [-0.1, -0.05) is 12.1 Å². The summed E-state index contributed by atoms with van der Waals surface area (Å²) in [5.41, 5.74) is 0.835. The van der Waals surface area contributed by atoms with E-state index in [1.807, 2.05) is 6.07 Å². The molecule has 6 heteroatoms. The van der Waals surface area contributed by atoms with Gasteiger partial charge in [0, 0.05) is 31.1 Å². The lowest BCUT2D eigenvalue weighted by molar-refractivity contribution is -0.112. The van der Waals surface area contributed by atoms with Crippen LogP contribution in [-0.4, -0.2) is 41.9 Å². The molecule has 1 N–H and O–H groups in total. The third-order valence-electron chi connectivity index (χ3n) is 3.95.